The number of hydrogen-bond acceptors (Lipinski definition) is 8. The maximum Gasteiger partial charge on any atom is 0.338 e. The van der Waals surface area contributed by atoms with Crippen molar-refractivity contribution in [3.8, 4) is 0 Å². The van der Waals surface area contributed by atoms with Gasteiger partial charge in [-0.1, -0.05) is 0 Å². The Labute approximate surface area is 268 Å². The van der Waals surface area contributed by atoms with Crippen molar-refractivity contribution >= 4 is 23.9 Å². The molecule has 2 aromatic carbocycles. The Balaban J connectivity index is 0.936. The minimum absolute atomic E-state index is 0.122. The topological polar surface area (TPSA) is 105 Å². The maximum atomic E-state index is 13.1. The third-order valence-electron chi connectivity index (χ3n) is 12.9. The van der Waals surface area contributed by atoms with Crippen LogP contribution in [0.15, 0.2) is 48.5 Å². The van der Waals surface area contributed by atoms with Crippen LogP contribution < -0.4 is 0 Å². The second kappa shape index (κ2) is 11.0. The molecule has 0 N–H and O–H groups in total. The van der Waals surface area contributed by atoms with Crippen molar-refractivity contribution in [3.63, 3.8) is 0 Å². The first kappa shape index (κ1) is 28.5. The van der Waals surface area contributed by atoms with E-state index in [-0.39, 0.29) is 48.3 Å². The summed E-state index contributed by atoms with van der Waals surface area (Å²) in [5, 5.41) is 0. The molecule has 0 aromatic heterocycles. The number of benzene rings is 2. The summed E-state index contributed by atoms with van der Waals surface area (Å²) in [4.78, 5) is 52.2. The molecule has 46 heavy (non-hydrogen) atoms. The molecule has 8 heteroatoms. The van der Waals surface area contributed by atoms with Crippen LogP contribution in [0.4, 0.5) is 0 Å². The van der Waals surface area contributed by atoms with Crippen LogP contribution in [0.1, 0.15) is 106 Å². The van der Waals surface area contributed by atoms with Gasteiger partial charge in [0, 0.05) is 0 Å². The van der Waals surface area contributed by atoms with E-state index in [2.05, 4.69) is 0 Å². The second-order valence-electron chi connectivity index (χ2n) is 15.3. The molecule has 2 aromatic rings. The maximum absolute atomic E-state index is 13.1. The standard InChI is InChI=1S/C38H40O8/c39-35-19-1-2-20(4-3-19)36(40)44-28-12-24-10-26-14-30(18-34(26)32(24)16-28)46-38(42)22-7-5-21(6-8-22)37(41)45-29-13-25-9-23-11-27(43-35)15-31(23)33(25)17-29/h1-8,23-34H,9-18H2/t23-,24+,25+,26-,27+,28-,29-,30+,31+,32-,33-,34+. The molecular weight excluding hydrogens is 584 g/mol. The van der Waals surface area contributed by atoms with Gasteiger partial charge in [0.25, 0.3) is 0 Å². The molecule has 0 spiro atoms. The SMILES string of the molecule is O=C1O[C@@H]2C[C@@H]3C[C@@H]4C[C@@H](C[C@@H]4[C@@H]3C2)OC(=O)c2ccc(cc2)C(=O)O[C@@H]2C[C@@H]3C[C@@H]4C[C@@H](C[C@@H]4[C@@H]3C2)OC(=O)c2ccc1cc2. The monoisotopic (exact) mass is 624 g/mol. The van der Waals surface area contributed by atoms with Crippen LogP contribution in [0.25, 0.3) is 0 Å². The highest BCUT2D eigenvalue weighted by atomic mass is 16.6. The first-order valence-corrected chi connectivity index (χ1v) is 17.4. The van der Waals surface area contributed by atoms with E-state index in [9.17, 15) is 19.2 Å². The fourth-order valence-electron chi connectivity index (χ4n) is 11.1. The summed E-state index contributed by atoms with van der Waals surface area (Å²) < 4.78 is 23.9. The average molecular weight is 625 g/mol. The van der Waals surface area contributed by atoms with Gasteiger partial charge in [-0.2, -0.15) is 0 Å². The fraction of sp³-hybridized carbons (Fsp3) is 0.579. The number of hydrogen-bond donors (Lipinski definition) is 0. The zero-order chi connectivity index (χ0) is 31.1. The zero-order valence-electron chi connectivity index (χ0n) is 25.9. The summed E-state index contributed by atoms with van der Waals surface area (Å²) >= 11 is 0. The number of rotatable bonds is 0. The third-order valence-corrected chi connectivity index (χ3v) is 12.9. The van der Waals surface area contributed by atoms with Crippen molar-refractivity contribution in [2.24, 2.45) is 47.3 Å². The number of esters is 4. The molecule has 6 aliphatic carbocycles. The van der Waals surface area contributed by atoms with Gasteiger partial charge < -0.3 is 18.9 Å². The van der Waals surface area contributed by atoms with E-state index in [4.69, 9.17) is 18.9 Å². The van der Waals surface area contributed by atoms with Gasteiger partial charge >= 0.3 is 23.9 Å². The second-order valence-corrected chi connectivity index (χ2v) is 15.3. The summed E-state index contributed by atoms with van der Waals surface area (Å²) in [5.74, 6) is 2.60. The highest BCUT2D eigenvalue weighted by molar-refractivity contribution is 5.94. The van der Waals surface area contributed by atoms with Crippen LogP contribution in [0, 0.1) is 47.3 Å². The van der Waals surface area contributed by atoms with Crippen LogP contribution in [-0.4, -0.2) is 48.3 Å². The molecule has 12 rings (SSSR count). The lowest BCUT2D eigenvalue weighted by atomic mass is 9.89. The van der Waals surface area contributed by atoms with Crippen molar-refractivity contribution in [2.75, 3.05) is 0 Å². The van der Waals surface area contributed by atoms with E-state index in [1.807, 2.05) is 0 Å². The quantitative estimate of drug-likeness (QED) is 0.245. The molecule has 0 saturated heterocycles. The number of ether oxygens (including phenoxy) is 4. The summed E-state index contributed by atoms with van der Waals surface area (Å²) in [5.41, 5.74) is 1.77. The van der Waals surface area contributed by atoms with Gasteiger partial charge in [0.2, 0.25) is 0 Å². The average Bonchev–Trinajstić information content (AvgIpc) is 3.87. The van der Waals surface area contributed by atoms with Crippen LogP contribution in [-0.2, 0) is 18.9 Å². The Bertz CT molecular complexity index is 1330. The van der Waals surface area contributed by atoms with Gasteiger partial charge in [-0.15, -0.1) is 0 Å². The van der Waals surface area contributed by atoms with E-state index in [0.717, 1.165) is 64.2 Å². The first-order chi connectivity index (χ1) is 22.3. The van der Waals surface area contributed by atoms with E-state index in [1.54, 1.807) is 48.5 Å². The third kappa shape index (κ3) is 4.94. The summed E-state index contributed by atoms with van der Waals surface area (Å²) in [6.45, 7) is 0. The fourth-order valence-corrected chi connectivity index (χ4v) is 11.1. The molecule has 12 bridgehead atoms. The summed E-state index contributed by atoms with van der Waals surface area (Å²) in [6, 6.07) is 13.3. The Hall–Kier alpha value is -3.68. The molecular formula is C38H40O8. The molecule has 4 aliphatic heterocycles. The lowest BCUT2D eigenvalue weighted by Gasteiger charge is -2.19. The molecule has 240 valence electrons. The lowest BCUT2D eigenvalue weighted by Crippen LogP contribution is -2.20. The predicted octanol–water partition coefficient (Wildman–Crippen LogP) is 6.41. The Morgan fingerprint density at radius 1 is 0.326 bits per heavy atom. The Morgan fingerprint density at radius 3 is 0.761 bits per heavy atom. The normalized spacial score (nSPS) is 41.0. The summed E-state index contributed by atoms with van der Waals surface area (Å²) in [6.07, 6.45) is 8.52. The van der Waals surface area contributed by atoms with Crippen LogP contribution >= 0.6 is 0 Å². The van der Waals surface area contributed by atoms with Crippen molar-refractivity contribution in [2.45, 2.75) is 88.6 Å². The predicted molar refractivity (Wildman–Crippen MR) is 164 cm³/mol. The molecule has 0 radical (unpaired) electrons. The van der Waals surface area contributed by atoms with Crippen LogP contribution in [0.2, 0.25) is 0 Å². The zero-order valence-corrected chi connectivity index (χ0v) is 25.9. The molecule has 4 heterocycles. The Morgan fingerprint density at radius 2 is 0.543 bits per heavy atom. The first-order valence-electron chi connectivity index (χ1n) is 17.4. The van der Waals surface area contributed by atoms with Crippen molar-refractivity contribution in [1.82, 2.24) is 0 Å². The molecule has 0 unspecified atom stereocenters. The van der Waals surface area contributed by atoms with E-state index < -0.39 is 0 Å². The Kier molecular flexibility index (Phi) is 6.79. The van der Waals surface area contributed by atoms with Gasteiger partial charge in [-0.05, 0) is 160 Å². The summed E-state index contributed by atoms with van der Waals surface area (Å²) in [7, 11) is 0. The van der Waals surface area contributed by atoms with Gasteiger partial charge in [-0.3, -0.25) is 0 Å². The largest absolute Gasteiger partial charge is 0.459 e. The molecule has 8 nitrogen and oxygen atoms in total. The molecule has 10 aliphatic rings. The van der Waals surface area contributed by atoms with Gasteiger partial charge in [0.05, 0.1) is 22.3 Å². The number of carbonyl (C=O) groups is 4. The van der Waals surface area contributed by atoms with Gasteiger partial charge in [-0.25, -0.2) is 19.2 Å². The molecule has 12 atom stereocenters. The van der Waals surface area contributed by atoms with E-state index >= 15 is 0 Å². The highest BCUT2D eigenvalue weighted by Gasteiger charge is 2.55. The molecule has 0 amide bonds. The van der Waals surface area contributed by atoms with Crippen LogP contribution in [0.5, 0.6) is 0 Å². The lowest BCUT2D eigenvalue weighted by molar-refractivity contribution is 0.0266. The van der Waals surface area contributed by atoms with Gasteiger partial charge in [0.15, 0.2) is 0 Å². The van der Waals surface area contributed by atoms with Crippen LogP contribution in [0.3, 0.4) is 0 Å². The van der Waals surface area contributed by atoms with E-state index in [0.29, 0.717) is 69.6 Å². The van der Waals surface area contributed by atoms with E-state index in [1.165, 1.54) is 0 Å². The van der Waals surface area contributed by atoms with Crippen molar-refractivity contribution < 1.29 is 38.1 Å². The van der Waals surface area contributed by atoms with Gasteiger partial charge in [0.1, 0.15) is 24.4 Å². The minimum atomic E-state index is -0.349. The van der Waals surface area contributed by atoms with Crippen molar-refractivity contribution in [3.05, 3.63) is 70.8 Å². The minimum Gasteiger partial charge on any atom is -0.459 e. The highest BCUT2D eigenvalue weighted by Crippen LogP contribution is 2.59. The van der Waals surface area contributed by atoms with Crippen molar-refractivity contribution in [1.29, 1.82) is 0 Å². The molecule has 6 saturated carbocycles. The number of carbonyl (C=O) groups excluding carboxylic acids is 4. The molecule has 6 fully saturated rings. The smallest absolute Gasteiger partial charge is 0.338 e.